The van der Waals surface area contributed by atoms with E-state index in [1.807, 2.05) is 25.1 Å². The molecule has 0 aliphatic rings. The van der Waals surface area contributed by atoms with Gasteiger partial charge in [-0.3, -0.25) is 4.79 Å². The molecule has 0 aromatic heterocycles. The van der Waals surface area contributed by atoms with E-state index in [9.17, 15) is 4.79 Å². The van der Waals surface area contributed by atoms with E-state index in [0.717, 1.165) is 6.42 Å². The van der Waals surface area contributed by atoms with Crippen LogP contribution in [0.25, 0.3) is 0 Å². The minimum Gasteiger partial charge on any atom is -0.491 e. The Morgan fingerprint density at radius 1 is 1.53 bits per heavy atom. The summed E-state index contributed by atoms with van der Waals surface area (Å²) < 4.78 is 5.48. The zero-order valence-electron chi connectivity index (χ0n) is 8.82. The number of amides is 1. The van der Waals surface area contributed by atoms with E-state index in [-0.39, 0.29) is 5.91 Å². The lowest BCUT2D eigenvalue weighted by atomic mass is 10.3. The van der Waals surface area contributed by atoms with Crippen LogP contribution in [0, 0.1) is 0 Å². The number of carbonyl (C=O) groups is 1. The topological polar surface area (TPSA) is 38.3 Å². The van der Waals surface area contributed by atoms with E-state index < -0.39 is 0 Å². The first kappa shape index (κ1) is 11.3. The highest BCUT2D eigenvalue weighted by atomic mass is 16.5. The van der Waals surface area contributed by atoms with E-state index >= 15 is 0 Å². The van der Waals surface area contributed by atoms with Crippen LogP contribution < -0.4 is 10.1 Å². The van der Waals surface area contributed by atoms with Gasteiger partial charge < -0.3 is 10.1 Å². The fourth-order valence-electron chi connectivity index (χ4n) is 1.09. The zero-order valence-corrected chi connectivity index (χ0v) is 8.82. The van der Waals surface area contributed by atoms with E-state index in [1.54, 1.807) is 6.07 Å². The third kappa shape index (κ3) is 3.46. The van der Waals surface area contributed by atoms with Gasteiger partial charge >= 0.3 is 0 Å². The van der Waals surface area contributed by atoms with Crippen LogP contribution in [0.2, 0.25) is 0 Å². The van der Waals surface area contributed by atoms with E-state index in [4.69, 9.17) is 4.74 Å². The van der Waals surface area contributed by atoms with Crippen LogP contribution in [0.5, 0.6) is 5.75 Å². The molecular formula is C12H15NO2. The molecule has 0 bridgehead atoms. The molecule has 1 rings (SSSR count). The van der Waals surface area contributed by atoms with Crippen LogP contribution in [0.15, 0.2) is 36.9 Å². The summed E-state index contributed by atoms with van der Waals surface area (Å²) in [6.45, 7) is 6.07. The van der Waals surface area contributed by atoms with Crippen LogP contribution in [-0.2, 0) is 4.79 Å². The van der Waals surface area contributed by atoms with Gasteiger partial charge in [-0.2, -0.15) is 0 Å². The molecule has 0 spiro atoms. The van der Waals surface area contributed by atoms with Crippen molar-refractivity contribution in [3.63, 3.8) is 0 Å². The molecule has 1 N–H and O–H groups in total. The normalized spacial score (nSPS) is 9.40. The lowest BCUT2D eigenvalue weighted by Gasteiger charge is -2.10. The van der Waals surface area contributed by atoms with Crippen molar-refractivity contribution in [3.8, 4) is 5.75 Å². The maximum absolute atomic E-state index is 11.1. The Morgan fingerprint density at radius 2 is 2.27 bits per heavy atom. The smallest absolute Gasteiger partial charge is 0.247 e. The molecule has 0 saturated heterocycles. The number of hydrogen-bond acceptors (Lipinski definition) is 2. The fraction of sp³-hybridized carbons (Fsp3) is 0.250. The van der Waals surface area contributed by atoms with Crippen molar-refractivity contribution in [2.24, 2.45) is 0 Å². The monoisotopic (exact) mass is 205 g/mol. The first-order valence-corrected chi connectivity index (χ1v) is 4.93. The van der Waals surface area contributed by atoms with E-state index in [2.05, 4.69) is 11.9 Å². The Balaban J connectivity index is 2.76. The zero-order chi connectivity index (χ0) is 11.1. The van der Waals surface area contributed by atoms with Gasteiger partial charge in [0.25, 0.3) is 0 Å². The van der Waals surface area contributed by atoms with Gasteiger partial charge in [-0.05, 0) is 24.6 Å². The third-order valence-corrected chi connectivity index (χ3v) is 1.79. The first-order chi connectivity index (χ1) is 7.27. The summed E-state index contributed by atoms with van der Waals surface area (Å²) in [4.78, 5) is 11.1. The molecule has 1 amide bonds. The second-order valence-electron chi connectivity index (χ2n) is 3.04. The second kappa shape index (κ2) is 5.86. The van der Waals surface area contributed by atoms with Crippen molar-refractivity contribution in [2.75, 3.05) is 11.9 Å². The van der Waals surface area contributed by atoms with Gasteiger partial charge in [-0.25, -0.2) is 0 Å². The van der Waals surface area contributed by atoms with E-state index in [0.29, 0.717) is 18.0 Å². The predicted molar refractivity (Wildman–Crippen MR) is 61.1 cm³/mol. The predicted octanol–water partition coefficient (Wildman–Crippen LogP) is 2.60. The molecule has 0 saturated carbocycles. The minimum absolute atomic E-state index is 0.234. The molecule has 0 aliphatic carbocycles. The van der Waals surface area contributed by atoms with Crippen LogP contribution in [0.3, 0.4) is 0 Å². The van der Waals surface area contributed by atoms with Crippen LogP contribution in [-0.4, -0.2) is 12.5 Å². The molecule has 80 valence electrons. The Morgan fingerprint density at radius 3 is 2.93 bits per heavy atom. The summed E-state index contributed by atoms with van der Waals surface area (Å²) >= 11 is 0. The van der Waals surface area contributed by atoms with Crippen molar-refractivity contribution >= 4 is 11.6 Å². The van der Waals surface area contributed by atoms with Crippen LogP contribution in [0.1, 0.15) is 13.3 Å². The quantitative estimate of drug-likeness (QED) is 0.750. The van der Waals surface area contributed by atoms with Gasteiger partial charge in [0.2, 0.25) is 5.91 Å². The van der Waals surface area contributed by atoms with Gasteiger partial charge in [0, 0.05) is 0 Å². The van der Waals surface area contributed by atoms with Crippen molar-refractivity contribution in [1.82, 2.24) is 0 Å². The van der Waals surface area contributed by atoms with Crippen molar-refractivity contribution in [2.45, 2.75) is 13.3 Å². The Labute approximate surface area is 89.8 Å². The first-order valence-electron chi connectivity index (χ1n) is 4.93. The molecule has 0 fully saturated rings. The summed E-state index contributed by atoms with van der Waals surface area (Å²) in [6, 6.07) is 7.34. The summed E-state index contributed by atoms with van der Waals surface area (Å²) in [5, 5.41) is 2.69. The lowest BCUT2D eigenvalue weighted by molar-refractivity contribution is -0.111. The Bertz CT molecular complexity index is 347. The molecular weight excluding hydrogens is 190 g/mol. The Kier molecular flexibility index (Phi) is 4.41. The molecule has 1 aromatic rings. The second-order valence-corrected chi connectivity index (χ2v) is 3.04. The van der Waals surface area contributed by atoms with Crippen LogP contribution >= 0.6 is 0 Å². The number of nitrogens with one attached hydrogen (secondary N) is 1. The van der Waals surface area contributed by atoms with Crippen molar-refractivity contribution in [1.29, 1.82) is 0 Å². The van der Waals surface area contributed by atoms with Crippen molar-refractivity contribution < 1.29 is 9.53 Å². The van der Waals surface area contributed by atoms with Gasteiger partial charge in [0.05, 0.1) is 12.3 Å². The molecule has 3 heteroatoms. The maximum atomic E-state index is 11.1. The van der Waals surface area contributed by atoms with E-state index in [1.165, 1.54) is 6.08 Å². The largest absolute Gasteiger partial charge is 0.491 e. The number of para-hydroxylation sites is 2. The van der Waals surface area contributed by atoms with Gasteiger partial charge in [-0.1, -0.05) is 25.6 Å². The molecule has 0 atom stereocenters. The highest BCUT2D eigenvalue weighted by Gasteiger charge is 2.03. The number of ether oxygens (including phenoxy) is 1. The van der Waals surface area contributed by atoms with Gasteiger partial charge in [0.1, 0.15) is 5.75 Å². The molecule has 0 aliphatic heterocycles. The standard InChI is InChI=1S/C12H15NO2/c1-3-9-15-11-8-6-5-7-10(11)13-12(14)4-2/h4-8H,2-3,9H2,1H3,(H,13,14). The number of rotatable bonds is 5. The summed E-state index contributed by atoms with van der Waals surface area (Å²) in [5.41, 5.74) is 0.677. The number of carbonyl (C=O) groups excluding carboxylic acids is 1. The minimum atomic E-state index is -0.234. The molecule has 0 unspecified atom stereocenters. The summed E-state index contributed by atoms with van der Waals surface area (Å²) in [5.74, 6) is 0.456. The molecule has 0 radical (unpaired) electrons. The number of anilines is 1. The van der Waals surface area contributed by atoms with Crippen LogP contribution in [0.4, 0.5) is 5.69 Å². The van der Waals surface area contributed by atoms with Crippen molar-refractivity contribution in [3.05, 3.63) is 36.9 Å². The SMILES string of the molecule is C=CC(=O)Nc1ccccc1OCCC. The van der Waals surface area contributed by atoms with Gasteiger partial charge in [0.15, 0.2) is 0 Å². The molecule has 0 heterocycles. The Hall–Kier alpha value is -1.77. The highest BCUT2D eigenvalue weighted by Crippen LogP contribution is 2.23. The summed E-state index contributed by atoms with van der Waals surface area (Å²) in [6.07, 6.45) is 2.17. The average Bonchev–Trinajstić information content (AvgIpc) is 2.28. The molecule has 1 aromatic carbocycles. The average molecular weight is 205 g/mol. The lowest BCUT2D eigenvalue weighted by Crippen LogP contribution is -2.09. The molecule has 3 nitrogen and oxygen atoms in total. The third-order valence-electron chi connectivity index (χ3n) is 1.79. The fourth-order valence-corrected chi connectivity index (χ4v) is 1.09. The highest BCUT2D eigenvalue weighted by molar-refractivity contribution is 5.99. The van der Waals surface area contributed by atoms with Gasteiger partial charge in [-0.15, -0.1) is 0 Å². The number of hydrogen-bond donors (Lipinski definition) is 1. The summed E-state index contributed by atoms with van der Waals surface area (Å²) in [7, 11) is 0. The molecule has 15 heavy (non-hydrogen) atoms. The number of benzene rings is 1. The maximum Gasteiger partial charge on any atom is 0.247 e.